The van der Waals surface area contributed by atoms with Crippen LogP contribution in [0.2, 0.25) is 0 Å². The summed E-state index contributed by atoms with van der Waals surface area (Å²) < 4.78 is 6.69. The molecule has 6 nitrogen and oxygen atoms in total. The van der Waals surface area contributed by atoms with Crippen molar-refractivity contribution in [2.75, 3.05) is 37.0 Å². The van der Waals surface area contributed by atoms with Crippen LogP contribution in [-0.4, -0.2) is 54.9 Å². The van der Waals surface area contributed by atoms with Gasteiger partial charge in [0.1, 0.15) is 11.7 Å². The number of rotatable bonds is 3. The topological polar surface area (TPSA) is 53.0 Å². The number of nitrogens with one attached hydrogen (secondary N) is 1. The van der Waals surface area contributed by atoms with Gasteiger partial charge in [0.25, 0.3) is 0 Å². The molecule has 2 atom stereocenters. The number of aromatic nitrogens is 1. The van der Waals surface area contributed by atoms with Gasteiger partial charge in [-0.25, -0.2) is 9.98 Å². The van der Waals surface area contributed by atoms with Gasteiger partial charge in [-0.2, -0.15) is 0 Å². The van der Waals surface area contributed by atoms with Crippen LogP contribution in [0.4, 0.5) is 11.5 Å². The van der Waals surface area contributed by atoms with Gasteiger partial charge in [0.15, 0.2) is 6.29 Å². The SMILES string of the molecule is CC1CN(C2N=C(N(C)c3ccc(C4CCCCC4)cc3)c3cc(Br)cnc3N2)CCO1. The third-order valence-electron chi connectivity index (χ3n) is 6.90. The number of hydrogen-bond acceptors (Lipinski definition) is 6. The molecule has 5 rings (SSSR count). The van der Waals surface area contributed by atoms with E-state index in [0.29, 0.717) is 5.92 Å². The van der Waals surface area contributed by atoms with Crippen LogP contribution in [0.15, 0.2) is 46.0 Å². The van der Waals surface area contributed by atoms with E-state index in [2.05, 4.69) is 80.3 Å². The zero-order valence-corrected chi connectivity index (χ0v) is 20.5. The second-order valence-electron chi connectivity index (χ2n) is 9.18. The van der Waals surface area contributed by atoms with Gasteiger partial charge in [0.2, 0.25) is 0 Å². The van der Waals surface area contributed by atoms with Crippen LogP contribution in [0.5, 0.6) is 0 Å². The zero-order chi connectivity index (χ0) is 22.1. The summed E-state index contributed by atoms with van der Waals surface area (Å²) >= 11 is 3.59. The molecule has 2 aromatic rings. The highest BCUT2D eigenvalue weighted by Crippen LogP contribution is 2.34. The van der Waals surface area contributed by atoms with Crippen LogP contribution in [-0.2, 0) is 4.74 Å². The first kappa shape index (κ1) is 21.9. The molecule has 3 heterocycles. The normalized spacial score (nSPS) is 24.4. The lowest BCUT2D eigenvalue weighted by atomic mass is 9.84. The molecular formula is C25H32BrN5O. The molecule has 170 valence electrons. The fraction of sp³-hybridized carbons (Fsp3) is 0.520. The molecule has 1 N–H and O–H groups in total. The molecule has 1 aromatic heterocycles. The van der Waals surface area contributed by atoms with Gasteiger partial charge in [-0.05, 0) is 65.4 Å². The van der Waals surface area contributed by atoms with Crippen LogP contribution in [0.3, 0.4) is 0 Å². The Kier molecular flexibility index (Phi) is 6.49. The first-order chi connectivity index (χ1) is 15.6. The summed E-state index contributed by atoms with van der Waals surface area (Å²) in [5.74, 6) is 2.52. The Labute approximate surface area is 199 Å². The number of hydrogen-bond donors (Lipinski definition) is 1. The van der Waals surface area contributed by atoms with Crippen LogP contribution in [0, 0.1) is 0 Å². The van der Waals surface area contributed by atoms with Crippen LogP contribution in [0.25, 0.3) is 0 Å². The van der Waals surface area contributed by atoms with Gasteiger partial charge in [0, 0.05) is 36.5 Å². The van der Waals surface area contributed by atoms with Gasteiger partial charge in [-0.3, -0.25) is 4.90 Å². The summed E-state index contributed by atoms with van der Waals surface area (Å²) in [6.45, 7) is 4.54. The molecule has 0 bridgehead atoms. The third kappa shape index (κ3) is 4.56. The van der Waals surface area contributed by atoms with Crippen molar-refractivity contribution in [3.63, 3.8) is 0 Å². The molecule has 0 spiro atoms. The molecule has 0 radical (unpaired) electrons. The van der Waals surface area contributed by atoms with Crippen molar-refractivity contribution in [3.8, 4) is 0 Å². The number of benzene rings is 1. The average molecular weight is 498 g/mol. The Morgan fingerprint density at radius 1 is 1.16 bits per heavy atom. The highest BCUT2D eigenvalue weighted by molar-refractivity contribution is 9.10. The summed E-state index contributed by atoms with van der Waals surface area (Å²) in [5.41, 5.74) is 3.63. The van der Waals surface area contributed by atoms with Crippen molar-refractivity contribution < 1.29 is 4.74 Å². The van der Waals surface area contributed by atoms with Gasteiger partial charge < -0.3 is 15.0 Å². The maximum atomic E-state index is 5.74. The lowest BCUT2D eigenvalue weighted by molar-refractivity contribution is -0.0290. The molecule has 32 heavy (non-hydrogen) atoms. The fourth-order valence-corrected chi connectivity index (χ4v) is 5.43. The Hall–Kier alpha value is -1.96. The van der Waals surface area contributed by atoms with Gasteiger partial charge in [-0.1, -0.05) is 31.4 Å². The summed E-state index contributed by atoms with van der Waals surface area (Å²) in [4.78, 5) is 14.3. The van der Waals surface area contributed by atoms with E-state index in [4.69, 9.17) is 9.73 Å². The van der Waals surface area contributed by atoms with E-state index >= 15 is 0 Å². The number of anilines is 2. The Morgan fingerprint density at radius 2 is 1.94 bits per heavy atom. The Bertz CT molecular complexity index is 973. The van der Waals surface area contributed by atoms with E-state index in [1.54, 1.807) is 0 Å². The smallest absolute Gasteiger partial charge is 0.179 e. The van der Waals surface area contributed by atoms with Gasteiger partial charge in [-0.15, -0.1) is 0 Å². The molecule has 7 heteroatoms. The first-order valence-electron chi connectivity index (χ1n) is 11.8. The molecule has 3 aliphatic rings. The molecule has 2 aliphatic heterocycles. The van der Waals surface area contributed by atoms with E-state index in [1.807, 2.05) is 6.20 Å². The second-order valence-corrected chi connectivity index (χ2v) is 10.1. The van der Waals surface area contributed by atoms with Crippen LogP contribution < -0.4 is 10.2 Å². The number of amidine groups is 1. The van der Waals surface area contributed by atoms with Crippen molar-refractivity contribution >= 4 is 33.3 Å². The maximum absolute atomic E-state index is 5.74. The van der Waals surface area contributed by atoms with Crippen molar-refractivity contribution in [3.05, 3.63) is 52.1 Å². The van der Waals surface area contributed by atoms with Crippen LogP contribution in [0.1, 0.15) is 56.1 Å². The summed E-state index contributed by atoms with van der Waals surface area (Å²) in [7, 11) is 2.10. The maximum Gasteiger partial charge on any atom is 0.179 e. The largest absolute Gasteiger partial charge is 0.376 e. The number of halogens is 1. The van der Waals surface area contributed by atoms with Crippen LogP contribution >= 0.6 is 15.9 Å². The van der Waals surface area contributed by atoms with E-state index in [-0.39, 0.29) is 12.4 Å². The lowest BCUT2D eigenvalue weighted by Crippen LogP contribution is -2.51. The molecule has 2 unspecified atom stereocenters. The molecule has 1 saturated heterocycles. The molecule has 1 saturated carbocycles. The second kappa shape index (κ2) is 9.49. The molecule has 1 aromatic carbocycles. The number of morpholine rings is 1. The quantitative estimate of drug-likeness (QED) is 0.630. The Morgan fingerprint density at radius 3 is 2.69 bits per heavy atom. The third-order valence-corrected chi connectivity index (χ3v) is 7.33. The van der Waals surface area contributed by atoms with E-state index in [0.717, 1.165) is 47.1 Å². The highest BCUT2D eigenvalue weighted by Gasteiger charge is 2.31. The number of aliphatic imine (C=N–C) groups is 1. The molecule has 1 aliphatic carbocycles. The minimum absolute atomic E-state index is 0.151. The van der Waals surface area contributed by atoms with Gasteiger partial charge in [0.05, 0.1) is 18.3 Å². The molecule has 0 amide bonds. The Balaban J connectivity index is 1.44. The monoisotopic (exact) mass is 497 g/mol. The summed E-state index contributed by atoms with van der Waals surface area (Å²) in [5, 5.41) is 3.53. The molecule has 2 fully saturated rings. The lowest BCUT2D eigenvalue weighted by Gasteiger charge is -2.39. The molecular weight excluding hydrogens is 466 g/mol. The van der Waals surface area contributed by atoms with Crippen molar-refractivity contribution in [1.82, 2.24) is 9.88 Å². The number of ether oxygens (including phenoxy) is 1. The average Bonchev–Trinajstić information content (AvgIpc) is 2.83. The number of nitrogens with zero attached hydrogens (tertiary/aromatic N) is 4. The van der Waals surface area contributed by atoms with Crippen molar-refractivity contribution in [2.24, 2.45) is 4.99 Å². The highest BCUT2D eigenvalue weighted by atomic mass is 79.9. The van der Waals surface area contributed by atoms with Gasteiger partial charge >= 0.3 is 0 Å². The fourth-order valence-electron chi connectivity index (χ4n) is 5.10. The summed E-state index contributed by atoms with van der Waals surface area (Å²) in [6.07, 6.45) is 8.63. The van der Waals surface area contributed by atoms with Crippen molar-refractivity contribution in [1.29, 1.82) is 0 Å². The van der Waals surface area contributed by atoms with E-state index in [9.17, 15) is 0 Å². The minimum atomic E-state index is -0.151. The first-order valence-corrected chi connectivity index (χ1v) is 12.6. The van der Waals surface area contributed by atoms with Crippen molar-refractivity contribution in [2.45, 2.75) is 57.3 Å². The summed E-state index contributed by atoms with van der Waals surface area (Å²) in [6, 6.07) is 11.2. The standard InChI is InChI=1S/C25H32BrN5O/c1-17-16-31(12-13-32-17)25-28-23-22(14-20(26)15-27-23)24(29-25)30(2)21-10-8-19(9-11-21)18-6-4-3-5-7-18/h8-11,14-15,17-18,25H,3-7,12-13,16H2,1-2H3,(H,27,28). The number of pyridine rings is 1. The predicted molar refractivity (Wildman–Crippen MR) is 134 cm³/mol. The van der Waals surface area contributed by atoms with E-state index < -0.39 is 0 Å². The number of fused-ring (bicyclic) bond motifs is 1. The van der Waals surface area contributed by atoms with E-state index in [1.165, 1.54) is 37.7 Å². The predicted octanol–water partition coefficient (Wildman–Crippen LogP) is 5.20. The minimum Gasteiger partial charge on any atom is -0.376 e. The zero-order valence-electron chi connectivity index (χ0n) is 18.9.